The zero-order valence-corrected chi connectivity index (χ0v) is 18.5. The Morgan fingerprint density at radius 3 is 2.81 bits per heavy atom. The predicted octanol–water partition coefficient (Wildman–Crippen LogP) is 0.893. The van der Waals surface area contributed by atoms with Crippen LogP contribution in [0.3, 0.4) is 0 Å². The molecule has 0 aromatic heterocycles. The maximum Gasteiger partial charge on any atom is 0.220 e. The highest BCUT2D eigenvalue weighted by Gasteiger charge is 2.42. The van der Waals surface area contributed by atoms with E-state index in [0.29, 0.717) is 12.5 Å². The zero-order valence-electron chi connectivity index (χ0n) is 16.1. The number of nitrogens with zero attached hydrogens (tertiary/aromatic N) is 3. The smallest absolute Gasteiger partial charge is 0.220 e. The first-order valence-corrected chi connectivity index (χ1v) is 9.74. The van der Waals surface area contributed by atoms with Gasteiger partial charge < -0.3 is 20.3 Å². The number of piperidine rings is 1. The highest BCUT2D eigenvalue weighted by atomic mass is 127. The predicted molar refractivity (Wildman–Crippen MR) is 114 cm³/mol. The van der Waals surface area contributed by atoms with Crippen LogP contribution in [0.15, 0.2) is 4.99 Å². The Bertz CT molecular complexity index is 498. The molecule has 1 amide bonds. The minimum atomic E-state index is 0. The molecule has 0 aromatic rings. The van der Waals surface area contributed by atoms with Crippen molar-refractivity contribution in [3.8, 4) is 0 Å². The lowest BCUT2D eigenvalue weighted by molar-refractivity contribution is -0.119. The average Bonchev–Trinajstić information content (AvgIpc) is 2.99. The lowest BCUT2D eigenvalue weighted by atomic mass is 9.79. The highest BCUT2D eigenvalue weighted by molar-refractivity contribution is 14.0. The number of ether oxygens (including phenoxy) is 1. The maximum atomic E-state index is 11.7. The van der Waals surface area contributed by atoms with E-state index in [-0.39, 0.29) is 35.3 Å². The number of carbonyl (C=O) groups excluding carboxylic acids is 1. The number of guanidine groups is 1. The van der Waals surface area contributed by atoms with E-state index < -0.39 is 0 Å². The number of hydrogen-bond acceptors (Lipinski definition) is 4. The Morgan fingerprint density at radius 1 is 1.38 bits per heavy atom. The van der Waals surface area contributed by atoms with Crippen LogP contribution in [-0.2, 0) is 9.53 Å². The summed E-state index contributed by atoms with van der Waals surface area (Å²) in [6.07, 6.45) is 2.91. The van der Waals surface area contributed by atoms with Crippen LogP contribution in [0.1, 0.15) is 33.1 Å². The van der Waals surface area contributed by atoms with Gasteiger partial charge in [-0.2, -0.15) is 0 Å². The van der Waals surface area contributed by atoms with Crippen molar-refractivity contribution in [1.82, 2.24) is 20.4 Å². The number of aliphatic imine (C=N–C) groups is 1. The molecular weight excluding hydrogens is 445 g/mol. The highest BCUT2D eigenvalue weighted by Crippen LogP contribution is 2.36. The lowest BCUT2D eigenvalue weighted by Crippen LogP contribution is -2.51. The van der Waals surface area contributed by atoms with Gasteiger partial charge in [0, 0.05) is 57.1 Å². The molecule has 3 fully saturated rings. The molecule has 2 atom stereocenters. The molecule has 2 unspecified atom stereocenters. The summed E-state index contributed by atoms with van der Waals surface area (Å²) in [4.78, 5) is 21.5. The topological polar surface area (TPSA) is 69.2 Å². The third-order valence-corrected chi connectivity index (χ3v) is 5.67. The van der Waals surface area contributed by atoms with Crippen molar-refractivity contribution in [2.45, 2.75) is 39.2 Å². The second kappa shape index (κ2) is 10.1. The van der Waals surface area contributed by atoms with Crippen LogP contribution in [0.5, 0.6) is 0 Å². The molecule has 26 heavy (non-hydrogen) atoms. The van der Waals surface area contributed by atoms with Crippen molar-refractivity contribution in [2.75, 3.05) is 59.0 Å². The summed E-state index contributed by atoms with van der Waals surface area (Å²) < 4.78 is 5.44. The Labute approximate surface area is 174 Å². The molecule has 3 aliphatic heterocycles. The standard InChI is InChI=1S/C18H33N5O2.HI/c1-3-19-17(20-12-15(2)22-7-9-25-10-8-22)23-6-4-5-18(14-23)11-16(24)21-13-18;/h15H,3-14H2,1-2H3,(H,19,20)(H,21,24);1H. The van der Waals surface area contributed by atoms with Crippen molar-refractivity contribution in [3.05, 3.63) is 0 Å². The van der Waals surface area contributed by atoms with Crippen LogP contribution in [0.2, 0.25) is 0 Å². The molecule has 3 saturated heterocycles. The van der Waals surface area contributed by atoms with E-state index >= 15 is 0 Å². The van der Waals surface area contributed by atoms with E-state index in [1.54, 1.807) is 0 Å². The summed E-state index contributed by atoms with van der Waals surface area (Å²) in [6, 6.07) is 0.422. The van der Waals surface area contributed by atoms with Gasteiger partial charge in [-0.15, -0.1) is 24.0 Å². The number of halogens is 1. The van der Waals surface area contributed by atoms with Crippen molar-refractivity contribution in [1.29, 1.82) is 0 Å². The average molecular weight is 479 g/mol. The van der Waals surface area contributed by atoms with E-state index in [4.69, 9.17) is 9.73 Å². The number of amides is 1. The molecule has 3 heterocycles. The Kier molecular flexibility index (Phi) is 8.41. The lowest BCUT2D eigenvalue weighted by Gasteiger charge is -2.41. The molecule has 0 saturated carbocycles. The number of hydrogen-bond donors (Lipinski definition) is 2. The molecule has 3 rings (SSSR count). The second-order valence-electron chi connectivity index (χ2n) is 7.67. The number of likely N-dealkylation sites (tertiary alicyclic amines) is 1. The van der Waals surface area contributed by atoms with Crippen molar-refractivity contribution >= 4 is 35.8 Å². The fraction of sp³-hybridized carbons (Fsp3) is 0.889. The van der Waals surface area contributed by atoms with Gasteiger partial charge >= 0.3 is 0 Å². The van der Waals surface area contributed by atoms with E-state index in [1.165, 1.54) is 0 Å². The fourth-order valence-corrected chi connectivity index (χ4v) is 4.21. The minimum absolute atomic E-state index is 0. The third kappa shape index (κ3) is 5.45. The molecule has 3 aliphatic rings. The van der Waals surface area contributed by atoms with Gasteiger partial charge in [0.05, 0.1) is 19.8 Å². The van der Waals surface area contributed by atoms with Gasteiger partial charge in [-0.05, 0) is 26.7 Å². The Morgan fingerprint density at radius 2 is 2.15 bits per heavy atom. The van der Waals surface area contributed by atoms with Gasteiger partial charge in [0.15, 0.2) is 5.96 Å². The summed E-state index contributed by atoms with van der Waals surface area (Å²) in [5.74, 6) is 1.20. The summed E-state index contributed by atoms with van der Waals surface area (Å²) in [5.41, 5.74) is 0.0986. The first-order valence-electron chi connectivity index (χ1n) is 9.74. The van der Waals surface area contributed by atoms with Crippen LogP contribution in [-0.4, -0.2) is 86.7 Å². The summed E-state index contributed by atoms with van der Waals surface area (Å²) in [6.45, 7) is 12.4. The van der Waals surface area contributed by atoms with Gasteiger partial charge in [0.25, 0.3) is 0 Å². The molecule has 8 heteroatoms. The van der Waals surface area contributed by atoms with Gasteiger partial charge in [0.1, 0.15) is 0 Å². The normalized spacial score (nSPS) is 28.6. The maximum absolute atomic E-state index is 11.7. The fourth-order valence-electron chi connectivity index (χ4n) is 4.21. The van der Waals surface area contributed by atoms with E-state index in [2.05, 4.69) is 34.3 Å². The molecule has 150 valence electrons. The minimum Gasteiger partial charge on any atom is -0.379 e. The molecule has 0 bridgehead atoms. The number of rotatable bonds is 4. The van der Waals surface area contributed by atoms with Crippen LogP contribution in [0.25, 0.3) is 0 Å². The summed E-state index contributed by atoms with van der Waals surface area (Å²) >= 11 is 0. The van der Waals surface area contributed by atoms with Crippen LogP contribution < -0.4 is 10.6 Å². The van der Waals surface area contributed by atoms with Gasteiger partial charge in [-0.3, -0.25) is 14.7 Å². The van der Waals surface area contributed by atoms with Crippen molar-refractivity contribution in [2.24, 2.45) is 10.4 Å². The molecule has 1 spiro atoms. The first kappa shape index (κ1) is 21.7. The molecule has 7 nitrogen and oxygen atoms in total. The largest absolute Gasteiger partial charge is 0.379 e. The van der Waals surface area contributed by atoms with Gasteiger partial charge in [-0.25, -0.2) is 0 Å². The van der Waals surface area contributed by atoms with Crippen LogP contribution in [0, 0.1) is 5.41 Å². The molecule has 0 aromatic carbocycles. The van der Waals surface area contributed by atoms with Crippen LogP contribution >= 0.6 is 24.0 Å². The second-order valence-corrected chi connectivity index (χ2v) is 7.67. The van der Waals surface area contributed by atoms with Gasteiger partial charge in [-0.1, -0.05) is 0 Å². The zero-order chi connectivity index (χ0) is 17.7. The Hall–Kier alpha value is -0.610. The SMILES string of the molecule is CCNC(=NCC(C)N1CCOCC1)N1CCCC2(CNC(=O)C2)C1.I. The van der Waals surface area contributed by atoms with Crippen molar-refractivity contribution in [3.63, 3.8) is 0 Å². The third-order valence-electron chi connectivity index (χ3n) is 5.67. The molecule has 0 aliphatic carbocycles. The first-order chi connectivity index (χ1) is 12.1. The monoisotopic (exact) mass is 479 g/mol. The number of morpholine rings is 1. The van der Waals surface area contributed by atoms with E-state index in [0.717, 1.165) is 77.8 Å². The Balaban J connectivity index is 0.00000243. The number of nitrogens with one attached hydrogen (secondary N) is 2. The number of carbonyl (C=O) groups is 1. The van der Waals surface area contributed by atoms with Gasteiger partial charge in [0.2, 0.25) is 5.91 Å². The van der Waals surface area contributed by atoms with E-state index in [1.807, 2.05) is 0 Å². The van der Waals surface area contributed by atoms with Crippen LogP contribution in [0.4, 0.5) is 0 Å². The summed E-state index contributed by atoms with van der Waals surface area (Å²) in [7, 11) is 0. The molecule has 2 N–H and O–H groups in total. The van der Waals surface area contributed by atoms with E-state index in [9.17, 15) is 4.79 Å². The van der Waals surface area contributed by atoms with Crippen molar-refractivity contribution < 1.29 is 9.53 Å². The summed E-state index contributed by atoms with van der Waals surface area (Å²) in [5, 5.41) is 6.48. The quantitative estimate of drug-likeness (QED) is 0.356. The molecule has 0 radical (unpaired) electrons. The molecular formula is C18H34IN5O2.